The summed E-state index contributed by atoms with van der Waals surface area (Å²) in [6.07, 6.45) is 1.57. The van der Waals surface area contributed by atoms with Gasteiger partial charge in [0.2, 0.25) is 0 Å². The molecular formula is C11H15ClFNO. The molecule has 84 valence electrons. The van der Waals surface area contributed by atoms with E-state index in [1.165, 1.54) is 6.07 Å². The molecule has 0 saturated heterocycles. The Hall–Kier alpha value is -0.640. The largest absolute Gasteiger partial charge is 0.385 e. The van der Waals surface area contributed by atoms with E-state index in [1.54, 1.807) is 19.2 Å². The van der Waals surface area contributed by atoms with Crippen molar-refractivity contribution < 1.29 is 9.13 Å². The van der Waals surface area contributed by atoms with Crippen molar-refractivity contribution >= 4 is 11.6 Å². The summed E-state index contributed by atoms with van der Waals surface area (Å²) in [7, 11) is 1.64. The van der Waals surface area contributed by atoms with Gasteiger partial charge in [0.05, 0.1) is 5.02 Å². The number of ether oxygens (including phenoxy) is 1. The molecule has 0 spiro atoms. The van der Waals surface area contributed by atoms with Crippen LogP contribution < -0.4 is 5.73 Å². The number of benzene rings is 1. The summed E-state index contributed by atoms with van der Waals surface area (Å²) in [5.41, 5.74) is 6.56. The number of nitrogens with two attached hydrogens (primary N) is 1. The number of methoxy groups -OCH3 is 1. The molecule has 1 rings (SSSR count). The predicted octanol–water partition coefficient (Wildman–Crippen LogP) is 2.91. The lowest BCUT2D eigenvalue weighted by Gasteiger charge is -2.13. The standard InChI is InChI=1S/C11H15ClFNO/c1-15-7-3-6-10(14)8-4-2-5-9(13)11(8)12/h2,4-5,10H,3,6-7,14H2,1H3. The second kappa shape index (κ2) is 6.05. The minimum atomic E-state index is -0.420. The Bertz CT molecular complexity index is 319. The van der Waals surface area contributed by atoms with Gasteiger partial charge in [-0.1, -0.05) is 23.7 Å². The fraction of sp³-hybridized carbons (Fsp3) is 0.455. The van der Waals surface area contributed by atoms with Gasteiger partial charge in [-0.05, 0) is 24.5 Å². The molecule has 4 heteroatoms. The highest BCUT2D eigenvalue weighted by Gasteiger charge is 2.12. The Labute approximate surface area is 94.2 Å². The maximum atomic E-state index is 13.1. The average Bonchev–Trinajstić information content (AvgIpc) is 2.22. The van der Waals surface area contributed by atoms with Crippen LogP contribution in [0, 0.1) is 5.82 Å². The van der Waals surface area contributed by atoms with Crippen molar-refractivity contribution in [2.45, 2.75) is 18.9 Å². The van der Waals surface area contributed by atoms with Crippen LogP contribution in [-0.4, -0.2) is 13.7 Å². The first kappa shape index (κ1) is 12.4. The van der Waals surface area contributed by atoms with Gasteiger partial charge >= 0.3 is 0 Å². The molecular weight excluding hydrogens is 217 g/mol. The smallest absolute Gasteiger partial charge is 0.142 e. The molecule has 0 heterocycles. The van der Waals surface area contributed by atoms with Crippen molar-refractivity contribution in [3.05, 3.63) is 34.6 Å². The van der Waals surface area contributed by atoms with Crippen molar-refractivity contribution in [3.8, 4) is 0 Å². The van der Waals surface area contributed by atoms with Crippen molar-refractivity contribution in [1.82, 2.24) is 0 Å². The van der Waals surface area contributed by atoms with E-state index in [2.05, 4.69) is 0 Å². The van der Waals surface area contributed by atoms with Crippen molar-refractivity contribution in [2.24, 2.45) is 5.73 Å². The summed E-state index contributed by atoms with van der Waals surface area (Å²) >= 11 is 5.81. The molecule has 1 atom stereocenters. The Morgan fingerprint density at radius 1 is 1.53 bits per heavy atom. The highest BCUT2D eigenvalue weighted by atomic mass is 35.5. The van der Waals surface area contributed by atoms with Gasteiger partial charge in [0.1, 0.15) is 5.82 Å². The maximum absolute atomic E-state index is 13.1. The van der Waals surface area contributed by atoms with Gasteiger partial charge < -0.3 is 10.5 Å². The van der Waals surface area contributed by atoms with Gasteiger partial charge in [-0.25, -0.2) is 4.39 Å². The van der Waals surface area contributed by atoms with E-state index in [4.69, 9.17) is 22.1 Å². The number of hydrogen-bond donors (Lipinski definition) is 1. The van der Waals surface area contributed by atoms with Crippen LogP contribution in [-0.2, 0) is 4.74 Å². The van der Waals surface area contributed by atoms with Crippen LogP contribution in [0.25, 0.3) is 0 Å². The molecule has 0 bridgehead atoms. The first-order valence-electron chi connectivity index (χ1n) is 4.85. The fourth-order valence-corrected chi connectivity index (χ4v) is 1.68. The molecule has 0 aliphatic heterocycles. The Morgan fingerprint density at radius 3 is 2.93 bits per heavy atom. The molecule has 0 radical (unpaired) electrons. The monoisotopic (exact) mass is 231 g/mol. The minimum Gasteiger partial charge on any atom is -0.385 e. The molecule has 1 unspecified atom stereocenters. The van der Waals surface area contributed by atoms with Crippen LogP contribution in [0.2, 0.25) is 5.02 Å². The normalized spacial score (nSPS) is 12.8. The molecule has 0 fully saturated rings. The topological polar surface area (TPSA) is 35.2 Å². The first-order chi connectivity index (χ1) is 7.16. The molecule has 2 nitrogen and oxygen atoms in total. The zero-order valence-corrected chi connectivity index (χ0v) is 9.43. The van der Waals surface area contributed by atoms with Gasteiger partial charge in [0.25, 0.3) is 0 Å². The van der Waals surface area contributed by atoms with Crippen molar-refractivity contribution in [3.63, 3.8) is 0 Å². The second-order valence-corrected chi connectivity index (χ2v) is 3.76. The molecule has 15 heavy (non-hydrogen) atoms. The number of rotatable bonds is 5. The molecule has 0 amide bonds. The highest BCUT2D eigenvalue weighted by molar-refractivity contribution is 6.31. The third kappa shape index (κ3) is 3.45. The van der Waals surface area contributed by atoms with Crippen molar-refractivity contribution in [2.75, 3.05) is 13.7 Å². The van der Waals surface area contributed by atoms with Crippen LogP contribution in [0.15, 0.2) is 18.2 Å². The van der Waals surface area contributed by atoms with Crippen LogP contribution in [0.5, 0.6) is 0 Å². The third-order valence-corrected chi connectivity index (χ3v) is 2.64. The zero-order chi connectivity index (χ0) is 11.3. The summed E-state index contributed by atoms with van der Waals surface area (Å²) in [6, 6.07) is 4.46. The van der Waals surface area contributed by atoms with Gasteiger partial charge in [-0.2, -0.15) is 0 Å². The Kier molecular flexibility index (Phi) is 5.02. The summed E-state index contributed by atoms with van der Waals surface area (Å²) < 4.78 is 18.0. The number of hydrogen-bond acceptors (Lipinski definition) is 2. The van der Waals surface area contributed by atoms with E-state index in [0.29, 0.717) is 12.2 Å². The molecule has 0 aromatic heterocycles. The lowest BCUT2D eigenvalue weighted by Crippen LogP contribution is -2.12. The molecule has 1 aromatic rings. The van der Waals surface area contributed by atoms with E-state index < -0.39 is 5.82 Å². The summed E-state index contributed by atoms with van der Waals surface area (Å²) in [4.78, 5) is 0. The molecule has 0 saturated carbocycles. The summed E-state index contributed by atoms with van der Waals surface area (Å²) in [6.45, 7) is 0.653. The third-order valence-electron chi connectivity index (χ3n) is 2.24. The molecule has 0 aliphatic rings. The Morgan fingerprint density at radius 2 is 2.27 bits per heavy atom. The molecule has 1 aromatic carbocycles. The fourth-order valence-electron chi connectivity index (χ4n) is 1.41. The van der Waals surface area contributed by atoms with Crippen LogP contribution >= 0.6 is 11.6 Å². The molecule has 0 aliphatic carbocycles. The van der Waals surface area contributed by atoms with Gasteiger partial charge in [0.15, 0.2) is 0 Å². The van der Waals surface area contributed by atoms with Gasteiger partial charge in [-0.15, -0.1) is 0 Å². The van der Waals surface area contributed by atoms with Gasteiger partial charge in [0, 0.05) is 19.8 Å². The second-order valence-electron chi connectivity index (χ2n) is 3.38. The summed E-state index contributed by atoms with van der Waals surface area (Å²) in [5, 5.41) is 0.127. The van der Waals surface area contributed by atoms with Gasteiger partial charge in [-0.3, -0.25) is 0 Å². The lowest BCUT2D eigenvalue weighted by molar-refractivity contribution is 0.190. The van der Waals surface area contributed by atoms with E-state index in [1.807, 2.05) is 0 Å². The zero-order valence-electron chi connectivity index (χ0n) is 8.67. The van der Waals surface area contributed by atoms with E-state index in [9.17, 15) is 4.39 Å². The van der Waals surface area contributed by atoms with E-state index in [-0.39, 0.29) is 11.1 Å². The van der Waals surface area contributed by atoms with Crippen LogP contribution in [0.3, 0.4) is 0 Å². The predicted molar refractivity (Wildman–Crippen MR) is 59.4 cm³/mol. The quantitative estimate of drug-likeness (QED) is 0.791. The Balaban J connectivity index is 2.65. The van der Waals surface area contributed by atoms with Crippen LogP contribution in [0.4, 0.5) is 4.39 Å². The van der Waals surface area contributed by atoms with Crippen LogP contribution in [0.1, 0.15) is 24.4 Å². The first-order valence-corrected chi connectivity index (χ1v) is 5.23. The number of halogens is 2. The minimum absolute atomic E-state index is 0.127. The average molecular weight is 232 g/mol. The lowest BCUT2D eigenvalue weighted by atomic mass is 10.0. The van der Waals surface area contributed by atoms with E-state index in [0.717, 1.165) is 12.8 Å². The summed E-state index contributed by atoms with van der Waals surface area (Å²) in [5.74, 6) is -0.420. The highest BCUT2D eigenvalue weighted by Crippen LogP contribution is 2.26. The van der Waals surface area contributed by atoms with Crippen molar-refractivity contribution in [1.29, 1.82) is 0 Å². The maximum Gasteiger partial charge on any atom is 0.142 e. The molecule has 2 N–H and O–H groups in total. The SMILES string of the molecule is COCCCC(N)c1cccc(F)c1Cl. The van der Waals surface area contributed by atoms with E-state index >= 15 is 0 Å².